The summed E-state index contributed by atoms with van der Waals surface area (Å²) >= 11 is 0. The van der Waals surface area contributed by atoms with Crippen molar-refractivity contribution in [1.29, 1.82) is 0 Å². The van der Waals surface area contributed by atoms with Crippen molar-refractivity contribution in [3.05, 3.63) is 18.0 Å². The van der Waals surface area contributed by atoms with Gasteiger partial charge in [0.05, 0.1) is 25.5 Å². The summed E-state index contributed by atoms with van der Waals surface area (Å²) in [6.45, 7) is 6.81. The largest absolute Gasteiger partial charge is 0.494 e. The van der Waals surface area contributed by atoms with Crippen LogP contribution in [-0.2, 0) is 5.41 Å². The van der Waals surface area contributed by atoms with E-state index in [4.69, 9.17) is 11.2 Å². The Balaban J connectivity index is 3.03. The molecular weight excluding hydrogens is 200 g/mol. The SMILES string of the molecule is C#CCNc1cnc(C(C)(C)C)cc1OC. The van der Waals surface area contributed by atoms with Crippen LogP contribution in [0.4, 0.5) is 5.69 Å². The van der Waals surface area contributed by atoms with Gasteiger partial charge in [0.2, 0.25) is 0 Å². The smallest absolute Gasteiger partial charge is 0.145 e. The van der Waals surface area contributed by atoms with Gasteiger partial charge in [-0.15, -0.1) is 6.42 Å². The Hall–Kier alpha value is -1.69. The van der Waals surface area contributed by atoms with Crippen molar-refractivity contribution in [1.82, 2.24) is 4.98 Å². The maximum Gasteiger partial charge on any atom is 0.145 e. The highest BCUT2D eigenvalue weighted by Gasteiger charge is 2.17. The zero-order chi connectivity index (χ0) is 12.2. The summed E-state index contributed by atoms with van der Waals surface area (Å²) in [6, 6.07) is 1.94. The average molecular weight is 218 g/mol. The highest BCUT2D eigenvalue weighted by molar-refractivity contribution is 5.56. The van der Waals surface area contributed by atoms with Crippen LogP contribution >= 0.6 is 0 Å². The van der Waals surface area contributed by atoms with E-state index in [-0.39, 0.29) is 5.41 Å². The molecule has 0 bridgehead atoms. The molecule has 3 heteroatoms. The molecule has 0 radical (unpaired) electrons. The van der Waals surface area contributed by atoms with Gasteiger partial charge < -0.3 is 10.1 Å². The molecule has 0 aliphatic carbocycles. The summed E-state index contributed by atoms with van der Waals surface area (Å²) in [5.41, 5.74) is 1.84. The van der Waals surface area contributed by atoms with Gasteiger partial charge in [0, 0.05) is 17.2 Å². The maximum absolute atomic E-state index is 5.31. The third kappa shape index (κ3) is 2.90. The molecule has 1 aromatic rings. The molecule has 0 atom stereocenters. The molecular formula is C13H18N2O. The predicted octanol–water partition coefficient (Wildman–Crippen LogP) is 2.43. The van der Waals surface area contributed by atoms with E-state index in [0.717, 1.165) is 17.1 Å². The van der Waals surface area contributed by atoms with Crippen LogP contribution in [0.2, 0.25) is 0 Å². The van der Waals surface area contributed by atoms with Crippen LogP contribution in [0.3, 0.4) is 0 Å². The number of rotatable bonds is 3. The van der Waals surface area contributed by atoms with Crippen LogP contribution in [0, 0.1) is 12.3 Å². The van der Waals surface area contributed by atoms with Crippen LogP contribution in [0.5, 0.6) is 5.75 Å². The Kier molecular flexibility index (Phi) is 3.78. The third-order valence-electron chi connectivity index (χ3n) is 2.24. The summed E-state index contributed by atoms with van der Waals surface area (Å²) in [4.78, 5) is 4.40. The first kappa shape index (κ1) is 12.4. The van der Waals surface area contributed by atoms with Gasteiger partial charge in [0.1, 0.15) is 5.75 Å². The van der Waals surface area contributed by atoms with Gasteiger partial charge in [-0.25, -0.2) is 0 Å². The van der Waals surface area contributed by atoms with Gasteiger partial charge in [0.15, 0.2) is 0 Å². The number of anilines is 1. The van der Waals surface area contributed by atoms with Gasteiger partial charge in [-0.3, -0.25) is 4.98 Å². The van der Waals surface area contributed by atoms with E-state index in [1.165, 1.54) is 0 Å². The molecule has 16 heavy (non-hydrogen) atoms. The van der Waals surface area contributed by atoms with Gasteiger partial charge in [-0.2, -0.15) is 0 Å². The zero-order valence-corrected chi connectivity index (χ0v) is 10.3. The Morgan fingerprint density at radius 1 is 1.50 bits per heavy atom. The second kappa shape index (κ2) is 4.89. The highest BCUT2D eigenvalue weighted by Crippen LogP contribution is 2.29. The Morgan fingerprint density at radius 2 is 2.19 bits per heavy atom. The Bertz CT molecular complexity index is 399. The molecule has 0 saturated carbocycles. The Morgan fingerprint density at radius 3 is 2.69 bits per heavy atom. The number of nitrogens with zero attached hydrogens (tertiary/aromatic N) is 1. The topological polar surface area (TPSA) is 34.2 Å². The molecule has 3 nitrogen and oxygen atoms in total. The molecule has 0 unspecified atom stereocenters. The molecule has 0 aliphatic rings. The number of hydrogen-bond acceptors (Lipinski definition) is 3. The van der Waals surface area contributed by atoms with E-state index < -0.39 is 0 Å². The summed E-state index contributed by atoms with van der Waals surface area (Å²) in [5, 5.41) is 3.07. The zero-order valence-electron chi connectivity index (χ0n) is 10.3. The van der Waals surface area contributed by atoms with Crippen molar-refractivity contribution >= 4 is 5.69 Å². The van der Waals surface area contributed by atoms with Crippen LogP contribution in [0.15, 0.2) is 12.3 Å². The number of methoxy groups -OCH3 is 1. The first-order valence-electron chi connectivity index (χ1n) is 5.21. The molecule has 0 amide bonds. The van der Waals surface area contributed by atoms with Crippen molar-refractivity contribution in [2.24, 2.45) is 0 Å². The second-order valence-electron chi connectivity index (χ2n) is 4.58. The number of hydrogen-bond donors (Lipinski definition) is 1. The number of aromatic nitrogens is 1. The fourth-order valence-electron chi connectivity index (χ4n) is 1.29. The van der Waals surface area contributed by atoms with Gasteiger partial charge in [0.25, 0.3) is 0 Å². The van der Waals surface area contributed by atoms with Crippen molar-refractivity contribution in [3.8, 4) is 18.1 Å². The fraction of sp³-hybridized carbons (Fsp3) is 0.462. The first-order chi connectivity index (χ1) is 7.49. The van der Waals surface area contributed by atoms with Crippen LogP contribution in [0.25, 0.3) is 0 Å². The molecule has 0 spiro atoms. The van der Waals surface area contributed by atoms with E-state index in [1.807, 2.05) is 6.07 Å². The normalized spacial score (nSPS) is 10.7. The lowest BCUT2D eigenvalue weighted by atomic mass is 9.91. The van der Waals surface area contributed by atoms with E-state index >= 15 is 0 Å². The second-order valence-corrected chi connectivity index (χ2v) is 4.58. The van der Waals surface area contributed by atoms with E-state index in [2.05, 4.69) is 37.0 Å². The van der Waals surface area contributed by atoms with E-state index in [1.54, 1.807) is 13.3 Å². The van der Waals surface area contributed by atoms with Gasteiger partial charge in [-0.05, 0) is 0 Å². The Labute approximate surface area is 97.2 Å². The van der Waals surface area contributed by atoms with Gasteiger partial charge in [-0.1, -0.05) is 26.7 Å². The summed E-state index contributed by atoms with van der Waals surface area (Å²) in [5.74, 6) is 3.29. The lowest BCUT2D eigenvalue weighted by Gasteiger charge is -2.19. The molecule has 86 valence electrons. The molecule has 0 aliphatic heterocycles. The minimum Gasteiger partial charge on any atom is -0.494 e. The molecule has 1 rings (SSSR count). The lowest BCUT2D eigenvalue weighted by molar-refractivity contribution is 0.413. The van der Waals surface area contributed by atoms with Crippen molar-refractivity contribution in [2.45, 2.75) is 26.2 Å². The average Bonchev–Trinajstić information content (AvgIpc) is 2.24. The molecule has 1 aromatic heterocycles. The number of nitrogens with one attached hydrogen (secondary N) is 1. The molecule has 0 fully saturated rings. The number of pyridine rings is 1. The molecule has 0 aromatic carbocycles. The quantitative estimate of drug-likeness (QED) is 0.791. The van der Waals surface area contributed by atoms with Crippen molar-refractivity contribution in [3.63, 3.8) is 0 Å². The van der Waals surface area contributed by atoms with Gasteiger partial charge >= 0.3 is 0 Å². The summed E-state index contributed by atoms with van der Waals surface area (Å²) in [7, 11) is 1.64. The number of ether oxygens (including phenoxy) is 1. The van der Waals surface area contributed by atoms with Crippen LogP contribution < -0.4 is 10.1 Å². The predicted molar refractivity (Wildman–Crippen MR) is 66.8 cm³/mol. The maximum atomic E-state index is 5.31. The minimum absolute atomic E-state index is 0.0118. The summed E-state index contributed by atoms with van der Waals surface area (Å²) < 4.78 is 5.31. The van der Waals surface area contributed by atoms with Crippen LogP contribution in [-0.4, -0.2) is 18.6 Å². The van der Waals surface area contributed by atoms with E-state index in [9.17, 15) is 0 Å². The van der Waals surface area contributed by atoms with Crippen molar-refractivity contribution in [2.75, 3.05) is 19.0 Å². The van der Waals surface area contributed by atoms with E-state index in [0.29, 0.717) is 6.54 Å². The molecule has 0 saturated heterocycles. The lowest BCUT2D eigenvalue weighted by Crippen LogP contribution is -2.14. The van der Waals surface area contributed by atoms with Crippen LogP contribution in [0.1, 0.15) is 26.5 Å². The fourth-order valence-corrected chi connectivity index (χ4v) is 1.29. The minimum atomic E-state index is 0.0118. The first-order valence-corrected chi connectivity index (χ1v) is 5.21. The standard InChI is InChI=1S/C13H18N2O/c1-6-7-14-10-9-15-12(13(2,3)4)8-11(10)16-5/h1,8-9,14H,7H2,2-5H3. The molecule has 1 N–H and O–H groups in total. The monoisotopic (exact) mass is 218 g/mol. The summed E-state index contributed by atoms with van der Waals surface area (Å²) in [6.07, 6.45) is 6.95. The highest BCUT2D eigenvalue weighted by atomic mass is 16.5. The third-order valence-corrected chi connectivity index (χ3v) is 2.24. The van der Waals surface area contributed by atoms with Crippen molar-refractivity contribution < 1.29 is 4.74 Å². The molecule has 1 heterocycles. The number of terminal acetylenes is 1.